The molecule has 1 aliphatic carbocycles. The zero-order valence-electron chi connectivity index (χ0n) is 15.2. The Morgan fingerprint density at radius 3 is 2.70 bits per heavy atom. The predicted molar refractivity (Wildman–Crippen MR) is 104 cm³/mol. The highest BCUT2D eigenvalue weighted by molar-refractivity contribution is 5.92. The first-order valence-corrected chi connectivity index (χ1v) is 9.48. The van der Waals surface area contributed by atoms with Crippen LogP contribution in [0.1, 0.15) is 55.7 Å². The van der Waals surface area contributed by atoms with Crippen molar-refractivity contribution in [3.63, 3.8) is 0 Å². The average Bonchev–Trinajstić information content (AvgIpc) is 2.68. The first-order chi connectivity index (χ1) is 13.1. The van der Waals surface area contributed by atoms with Gasteiger partial charge in [-0.15, -0.1) is 0 Å². The maximum absolute atomic E-state index is 12.5. The molecular weight excluding hydrogens is 340 g/mol. The molecule has 2 aromatic rings. The van der Waals surface area contributed by atoms with Crippen LogP contribution < -0.4 is 15.8 Å². The van der Waals surface area contributed by atoms with Gasteiger partial charge in [-0.2, -0.15) is 0 Å². The van der Waals surface area contributed by atoms with E-state index < -0.39 is 0 Å². The van der Waals surface area contributed by atoms with Crippen LogP contribution in [0.15, 0.2) is 42.7 Å². The molecule has 27 heavy (non-hydrogen) atoms. The number of carbonyl (C=O) groups is 1. The molecule has 2 aliphatic rings. The molecule has 4 rings (SSSR count). The highest BCUT2D eigenvalue weighted by atomic mass is 16.5. The number of nitrogens with zero attached hydrogens (tertiary/aromatic N) is 2. The van der Waals surface area contributed by atoms with Gasteiger partial charge in [-0.25, -0.2) is 9.97 Å². The van der Waals surface area contributed by atoms with Gasteiger partial charge in [0.15, 0.2) is 0 Å². The van der Waals surface area contributed by atoms with Crippen molar-refractivity contribution >= 4 is 17.9 Å². The first-order valence-electron chi connectivity index (χ1n) is 9.48. The lowest BCUT2D eigenvalue weighted by atomic mass is 9.77. The number of nitrogens with one attached hydrogen (secondary N) is 1. The molecular formula is C21H24N4O2. The Kier molecular flexibility index (Phi) is 4.79. The van der Waals surface area contributed by atoms with Crippen molar-refractivity contribution in [2.24, 2.45) is 0 Å². The number of amides is 1. The van der Waals surface area contributed by atoms with E-state index in [0.29, 0.717) is 0 Å². The van der Waals surface area contributed by atoms with Crippen LogP contribution in [0.2, 0.25) is 0 Å². The van der Waals surface area contributed by atoms with Crippen LogP contribution in [0, 0.1) is 0 Å². The van der Waals surface area contributed by atoms with Crippen molar-refractivity contribution in [2.75, 3.05) is 5.73 Å². The Morgan fingerprint density at radius 1 is 1.19 bits per heavy atom. The Bertz CT molecular complexity index is 842. The highest BCUT2D eigenvalue weighted by Gasteiger charge is 2.41. The molecule has 140 valence electrons. The summed E-state index contributed by atoms with van der Waals surface area (Å²) >= 11 is 0. The fourth-order valence-corrected chi connectivity index (χ4v) is 4.08. The van der Waals surface area contributed by atoms with Crippen molar-refractivity contribution in [3.8, 4) is 5.75 Å². The maximum Gasteiger partial charge on any atom is 0.244 e. The lowest BCUT2D eigenvalue weighted by Gasteiger charge is -2.44. The minimum atomic E-state index is -0.154. The standard InChI is InChI=1S/C21H24N4O2/c22-20-23-13-15(14-24-20)8-9-19(26)25-17-12-21(10-4-1-5-11-21)27-18-7-3-2-6-16(17)18/h2-3,6-9,13-14,17H,1,4-5,10-12H2,(H,25,26)(H2,22,23,24). The van der Waals surface area contributed by atoms with E-state index in [-0.39, 0.29) is 23.5 Å². The van der Waals surface area contributed by atoms with Gasteiger partial charge in [0.25, 0.3) is 0 Å². The minimum Gasteiger partial charge on any atom is -0.487 e. The van der Waals surface area contributed by atoms with E-state index in [1.165, 1.54) is 25.3 Å². The molecule has 6 heteroatoms. The monoisotopic (exact) mass is 364 g/mol. The van der Waals surface area contributed by atoms with E-state index in [2.05, 4.69) is 15.3 Å². The fourth-order valence-electron chi connectivity index (χ4n) is 4.08. The van der Waals surface area contributed by atoms with E-state index in [9.17, 15) is 4.79 Å². The summed E-state index contributed by atoms with van der Waals surface area (Å²) in [5.41, 5.74) is 7.11. The topological polar surface area (TPSA) is 90.1 Å². The summed E-state index contributed by atoms with van der Waals surface area (Å²) in [5, 5.41) is 3.16. The first kappa shape index (κ1) is 17.5. The molecule has 0 bridgehead atoms. The van der Waals surface area contributed by atoms with Crippen LogP contribution in [0.4, 0.5) is 5.95 Å². The smallest absolute Gasteiger partial charge is 0.244 e. The normalized spacial score (nSPS) is 20.8. The number of fused-ring (bicyclic) bond motifs is 1. The minimum absolute atomic E-state index is 0.0483. The summed E-state index contributed by atoms with van der Waals surface area (Å²) in [6, 6.07) is 7.97. The summed E-state index contributed by atoms with van der Waals surface area (Å²) in [5.74, 6) is 0.972. The number of rotatable bonds is 3. The number of ether oxygens (including phenoxy) is 1. The Hall–Kier alpha value is -2.89. The zero-order chi connectivity index (χ0) is 18.7. The van der Waals surface area contributed by atoms with Gasteiger partial charge < -0.3 is 15.8 Å². The number of para-hydroxylation sites is 1. The van der Waals surface area contributed by atoms with Gasteiger partial charge in [0.1, 0.15) is 11.4 Å². The molecule has 1 aromatic carbocycles. The Labute approximate surface area is 158 Å². The molecule has 0 saturated heterocycles. The number of benzene rings is 1. The second-order valence-electron chi connectivity index (χ2n) is 7.36. The summed E-state index contributed by atoms with van der Waals surface area (Å²) in [6.45, 7) is 0. The van der Waals surface area contributed by atoms with Gasteiger partial charge in [-0.05, 0) is 37.8 Å². The molecule has 6 nitrogen and oxygen atoms in total. The lowest BCUT2D eigenvalue weighted by Crippen LogP contribution is -2.46. The van der Waals surface area contributed by atoms with E-state index in [4.69, 9.17) is 10.5 Å². The highest BCUT2D eigenvalue weighted by Crippen LogP contribution is 2.45. The molecule has 3 N–H and O–H groups in total. The number of nitrogens with two attached hydrogens (primary N) is 1. The molecule has 1 spiro atoms. The lowest BCUT2D eigenvalue weighted by molar-refractivity contribution is -0.118. The van der Waals surface area contributed by atoms with Crippen molar-refractivity contribution in [3.05, 3.63) is 53.9 Å². The van der Waals surface area contributed by atoms with E-state index in [0.717, 1.165) is 36.1 Å². The zero-order valence-corrected chi connectivity index (χ0v) is 15.2. The van der Waals surface area contributed by atoms with Gasteiger partial charge >= 0.3 is 0 Å². The molecule has 1 unspecified atom stereocenters. The van der Waals surface area contributed by atoms with E-state index in [1.54, 1.807) is 18.5 Å². The van der Waals surface area contributed by atoms with Gasteiger partial charge in [-0.1, -0.05) is 24.6 Å². The van der Waals surface area contributed by atoms with Crippen LogP contribution in [-0.2, 0) is 4.79 Å². The molecule has 1 aromatic heterocycles. The molecule has 0 radical (unpaired) electrons. The molecule has 1 saturated carbocycles. The number of aromatic nitrogens is 2. The molecule has 1 fully saturated rings. The van der Waals surface area contributed by atoms with Gasteiger partial charge in [0, 0.05) is 36.0 Å². The van der Waals surface area contributed by atoms with Crippen LogP contribution in [-0.4, -0.2) is 21.5 Å². The van der Waals surface area contributed by atoms with E-state index in [1.807, 2.05) is 24.3 Å². The molecule has 1 amide bonds. The van der Waals surface area contributed by atoms with Crippen molar-refractivity contribution in [1.82, 2.24) is 15.3 Å². The SMILES string of the molecule is Nc1ncc(C=CC(=O)NC2CC3(CCCCC3)Oc3ccccc32)cn1. The summed E-state index contributed by atoms with van der Waals surface area (Å²) in [6.07, 6.45) is 12.9. The van der Waals surface area contributed by atoms with Crippen LogP contribution in [0.3, 0.4) is 0 Å². The Balaban J connectivity index is 1.51. The molecule has 1 atom stereocenters. The summed E-state index contributed by atoms with van der Waals surface area (Å²) in [4.78, 5) is 20.4. The van der Waals surface area contributed by atoms with Crippen molar-refractivity contribution in [1.29, 1.82) is 0 Å². The Morgan fingerprint density at radius 2 is 1.93 bits per heavy atom. The van der Waals surface area contributed by atoms with Crippen LogP contribution >= 0.6 is 0 Å². The number of nitrogen functional groups attached to an aromatic ring is 1. The summed E-state index contributed by atoms with van der Waals surface area (Å²) < 4.78 is 6.42. The predicted octanol–water partition coefficient (Wildman–Crippen LogP) is 3.41. The van der Waals surface area contributed by atoms with Gasteiger partial charge in [-0.3, -0.25) is 4.79 Å². The van der Waals surface area contributed by atoms with Gasteiger partial charge in [0.2, 0.25) is 11.9 Å². The van der Waals surface area contributed by atoms with Gasteiger partial charge in [0.05, 0.1) is 6.04 Å². The number of hydrogen-bond acceptors (Lipinski definition) is 5. The average molecular weight is 364 g/mol. The van der Waals surface area contributed by atoms with Crippen LogP contribution in [0.5, 0.6) is 5.75 Å². The number of carbonyl (C=O) groups excluding carboxylic acids is 1. The van der Waals surface area contributed by atoms with Crippen molar-refractivity contribution in [2.45, 2.75) is 50.2 Å². The number of hydrogen-bond donors (Lipinski definition) is 2. The summed E-state index contributed by atoms with van der Waals surface area (Å²) in [7, 11) is 0. The quantitative estimate of drug-likeness (QED) is 0.815. The fraction of sp³-hybridized carbons (Fsp3) is 0.381. The third-order valence-corrected chi connectivity index (χ3v) is 5.40. The maximum atomic E-state index is 12.5. The van der Waals surface area contributed by atoms with Crippen molar-refractivity contribution < 1.29 is 9.53 Å². The van der Waals surface area contributed by atoms with E-state index >= 15 is 0 Å². The second kappa shape index (κ2) is 7.39. The second-order valence-corrected chi connectivity index (χ2v) is 7.36. The third kappa shape index (κ3) is 3.94. The van der Waals surface area contributed by atoms with Crippen LogP contribution in [0.25, 0.3) is 6.08 Å². The molecule has 2 heterocycles. The third-order valence-electron chi connectivity index (χ3n) is 5.40. The number of anilines is 1. The molecule has 1 aliphatic heterocycles. The largest absolute Gasteiger partial charge is 0.487 e.